The zero-order chi connectivity index (χ0) is 38.6. The van der Waals surface area contributed by atoms with Crippen LogP contribution >= 0.6 is 0 Å². The van der Waals surface area contributed by atoms with Gasteiger partial charge in [0.15, 0.2) is 0 Å². The van der Waals surface area contributed by atoms with Gasteiger partial charge >= 0.3 is 0 Å². The number of alkyl halides is 2. The number of anilines is 3. The summed E-state index contributed by atoms with van der Waals surface area (Å²) in [4.78, 5) is 50.0. The van der Waals surface area contributed by atoms with E-state index in [2.05, 4.69) is 30.7 Å². The highest BCUT2D eigenvalue weighted by atomic mass is 19.3. The Hall–Kier alpha value is -5.44. The number of imide groups is 1. The molecular formula is C40H45F3N8O4. The molecule has 7 rings (SSSR count). The molecule has 12 nitrogen and oxygen atoms in total. The summed E-state index contributed by atoms with van der Waals surface area (Å²) in [6, 6.07) is 13.2. The Kier molecular flexibility index (Phi) is 11.4. The Labute approximate surface area is 317 Å². The minimum atomic E-state index is -2.76. The molecule has 1 atom stereocenters. The van der Waals surface area contributed by atoms with E-state index < -0.39 is 24.1 Å². The number of halogens is 3. The van der Waals surface area contributed by atoms with E-state index in [0.29, 0.717) is 50.2 Å². The molecule has 55 heavy (non-hydrogen) atoms. The van der Waals surface area contributed by atoms with Crippen LogP contribution in [0.3, 0.4) is 0 Å². The Balaban J connectivity index is 0.926. The fourth-order valence-electron chi connectivity index (χ4n) is 7.38. The predicted octanol–water partition coefficient (Wildman–Crippen LogP) is 6.63. The highest BCUT2D eigenvalue weighted by Crippen LogP contribution is 2.32. The van der Waals surface area contributed by atoms with Gasteiger partial charge in [-0.2, -0.15) is 0 Å². The molecular weight excluding hydrogens is 713 g/mol. The van der Waals surface area contributed by atoms with Crippen molar-refractivity contribution in [3.8, 4) is 5.75 Å². The van der Waals surface area contributed by atoms with Crippen LogP contribution in [0.4, 0.5) is 30.4 Å². The standard InChI is InChI=1S/C40H45F3N8O4/c1-24(2)55-34-20-36-46-33(23-51(36)21-29(34)39(53)47-35-5-3-4-31(45-35)38(42)43)26-12-16-49(17-13-26)22-30(41)25-14-18-50(19-15-25)28-8-6-27(7-9-28)44-32-10-11-37(52)48-40(32)54/h3-9,20-21,23-24,26,32,38,44H,10-19,22H2,1-2H3,(H,45,47,53)(H,48,52,54). The van der Waals surface area contributed by atoms with Gasteiger partial charge in [0.1, 0.15) is 34.8 Å². The summed E-state index contributed by atoms with van der Waals surface area (Å²) >= 11 is 0. The maximum atomic E-state index is 15.6. The minimum absolute atomic E-state index is 0.0132. The minimum Gasteiger partial charge on any atom is -0.490 e. The van der Waals surface area contributed by atoms with Gasteiger partial charge < -0.3 is 24.7 Å². The molecule has 6 heterocycles. The monoisotopic (exact) mass is 758 g/mol. The van der Waals surface area contributed by atoms with Gasteiger partial charge in [0.25, 0.3) is 12.3 Å². The Bertz CT molecular complexity index is 2070. The van der Waals surface area contributed by atoms with Crippen LogP contribution in [0, 0.1) is 0 Å². The highest BCUT2D eigenvalue weighted by Gasteiger charge is 2.28. The number of nitrogens with one attached hydrogen (secondary N) is 3. The second kappa shape index (κ2) is 16.5. The number of piperidine rings is 3. The third kappa shape index (κ3) is 9.10. The maximum absolute atomic E-state index is 15.6. The van der Waals surface area contributed by atoms with E-state index in [4.69, 9.17) is 9.72 Å². The van der Waals surface area contributed by atoms with E-state index >= 15 is 4.39 Å². The molecule has 3 N–H and O–H groups in total. The number of carbonyl (C=O) groups is 3. The van der Waals surface area contributed by atoms with Gasteiger partial charge in [-0.05, 0) is 101 Å². The number of benzene rings is 1. The molecule has 3 saturated heterocycles. The van der Waals surface area contributed by atoms with Gasteiger partial charge in [-0.1, -0.05) is 6.07 Å². The van der Waals surface area contributed by atoms with Crippen molar-refractivity contribution in [2.24, 2.45) is 0 Å². The fourth-order valence-corrected chi connectivity index (χ4v) is 7.38. The molecule has 3 aromatic heterocycles. The van der Waals surface area contributed by atoms with E-state index in [9.17, 15) is 23.2 Å². The number of hydrogen-bond donors (Lipinski definition) is 3. The molecule has 0 aliphatic carbocycles. The van der Waals surface area contributed by atoms with Crippen LogP contribution in [-0.4, -0.2) is 81.9 Å². The van der Waals surface area contributed by atoms with Crippen molar-refractivity contribution in [3.05, 3.63) is 89.3 Å². The van der Waals surface area contributed by atoms with Crippen LogP contribution in [0.1, 0.15) is 86.5 Å². The van der Waals surface area contributed by atoms with Crippen molar-refractivity contribution >= 4 is 40.6 Å². The van der Waals surface area contributed by atoms with Gasteiger partial charge in [-0.15, -0.1) is 0 Å². The summed E-state index contributed by atoms with van der Waals surface area (Å²) in [5.41, 5.74) is 4.00. The molecule has 290 valence electrons. The smallest absolute Gasteiger partial charge is 0.280 e. The number of carbonyl (C=O) groups excluding carboxylic acids is 3. The van der Waals surface area contributed by atoms with Gasteiger partial charge in [0.2, 0.25) is 11.8 Å². The first-order chi connectivity index (χ1) is 26.5. The summed E-state index contributed by atoms with van der Waals surface area (Å²) in [5, 5.41) is 8.17. The number of fused-ring (bicyclic) bond motifs is 1. The molecule has 1 unspecified atom stereocenters. The van der Waals surface area contributed by atoms with E-state index in [0.717, 1.165) is 48.6 Å². The molecule has 3 aliphatic rings. The quantitative estimate of drug-likeness (QED) is 0.144. The average molecular weight is 759 g/mol. The number of hydrogen-bond acceptors (Lipinski definition) is 9. The summed E-state index contributed by atoms with van der Waals surface area (Å²) in [6.07, 6.45) is 4.25. The number of aromatic nitrogens is 3. The number of amides is 3. The summed E-state index contributed by atoms with van der Waals surface area (Å²) in [6.45, 7) is 6.87. The molecule has 0 saturated carbocycles. The van der Waals surface area contributed by atoms with Crippen molar-refractivity contribution in [3.63, 3.8) is 0 Å². The SMILES string of the molecule is CC(C)Oc1cc2nc(C3CCN(CC(F)=C4CCN(c5ccc(NC6CCC(=O)NC6=O)cc5)CC4)CC3)cn2cc1C(=O)Nc1cccc(C(F)F)n1. The van der Waals surface area contributed by atoms with Gasteiger partial charge in [0.05, 0.1) is 23.9 Å². The molecule has 3 fully saturated rings. The maximum Gasteiger partial charge on any atom is 0.280 e. The highest BCUT2D eigenvalue weighted by molar-refractivity contribution is 6.06. The van der Waals surface area contributed by atoms with Gasteiger partial charge in [-0.3, -0.25) is 24.6 Å². The number of imidazole rings is 1. The van der Waals surface area contributed by atoms with E-state index in [1.807, 2.05) is 44.3 Å². The number of rotatable bonds is 11. The molecule has 3 amide bonds. The van der Waals surface area contributed by atoms with E-state index in [-0.39, 0.29) is 47.6 Å². The topological polar surface area (TPSA) is 133 Å². The first-order valence-corrected chi connectivity index (χ1v) is 18.8. The molecule has 4 aromatic rings. The van der Waals surface area contributed by atoms with Gasteiger partial charge in [-0.25, -0.2) is 23.1 Å². The van der Waals surface area contributed by atoms with Crippen LogP contribution < -0.4 is 25.6 Å². The fraction of sp³-hybridized carbons (Fsp3) is 0.425. The molecule has 3 aliphatic heterocycles. The Morgan fingerprint density at radius 2 is 1.71 bits per heavy atom. The van der Waals surface area contributed by atoms with Crippen LogP contribution in [0.15, 0.2) is 72.3 Å². The Morgan fingerprint density at radius 3 is 2.40 bits per heavy atom. The largest absolute Gasteiger partial charge is 0.490 e. The number of ether oxygens (including phenoxy) is 1. The van der Waals surface area contributed by atoms with Gasteiger partial charge in [0, 0.05) is 55.3 Å². The van der Waals surface area contributed by atoms with Crippen LogP contribution in [-0.2, 0) is 9.59 Å². The van der Waals surface area contributed by atoms with E-state index in [1.54, 1.807) is 16.7 Å². The normalized spacial score (nSPS) is 18.6. The lowest BCUT2D eigenvalue weighted by atomic mass is 9.94. The Morgan fingerprint density at radius 1 is 0.964 bits per heavy atom. The van der Waals surface area contributed by atoms with E-state index in [1.165, 1.54) is 18.2 Å². The van der Waals surface area contributed by atoms with Crippen molar-refractivity contribution in [1.29, 1.82) is 0 Å². The third-order valence-electron chi connectivity index (χ3n) is 10.3. The number of likely N-dealkylation sites (tertiary alicyclic amines) is 1. The van der Waals surface area contributed by atoms with Crippen LogP contribution in [0.5, 0.6) is 5.75 Å². The predicted molar refractivity (Wildman–Crippen MR) is 202 cm³/mol. The zero-order valence-electron chi connectivity index (χ0n) is 30.9. The molecule has 0 bridgehead atoms. The second-order valence-corrected chi connectivity index (χ2v) is 14.6. The van der Waals surface area contributed by atoms with Crippen LogP contribution in [0.25, 0.3) is 5.65 Å². The first kappa shape index (κ1) is 37.9. The molecule has 1 aromatic carbocycles. The summed E-state index contributed by atoms with van der Waals surface area (Å²) in [5.74, 6) is -0.642. The lowest BCUT2D eigenvalue weighted by molar-refractivity contribution is -0.133. The van der Waals surface area contributed by atoms with Crippen molar-refractivity contribution < 1.29 is 32.3 Å². The van der Waals surface area contributed by atoms with Crippen molar-refractivity contribution in [1.82, 2.24) is 24.6 Å². The number of pyridine rings is 2. The zero-order valence-corrected chi connectivity index (χ0v) is 30.9. The molecule has 0 spiro atoms. The lowest BCUT2D eigenvalue weighted by Gasteiger charge is -2.33. The van der Waals surface area contributed by atoms with Crippen molar-refractivity contribution in [2.75, 3.05) is 48.3 Å². The summed E-state index contributed by atoms with van der Waals surface area (Å²) in [7, 11) is 0. The summed E-state index contributed by atoms with van der Waals surface area (Å²) < 4.78 is 49.7. The third-order valence-corrected chi connectivity index (χ3v) is 10.3. The first-order valence-electron chi connectivity index (χ1n) is 18.8. The van der Waals surface area contributed by atoms with Crippen LogP contribution in [0.2, 0.25) is 0 Å². The molecule has 15 heteroatoms. The van der Waals surface area contributed by atoms with Crippen molar-refractivity contribution in [2.45, 2.75) is 76.9 Å². The molecule has 0 radical (unpaired) electrons. The lowest BCUT2D eigenvalue weighted by Crippen LogP contribution is -2.47. The second-order valence-electron chi connectivity index (χ2n) is 14.6. The number of nitrogens with zero attached hydrogens (tertiary/aromatic N) is 5. The average Bonchev–Trinajstić information content (AvgIpc) is 3.59.